The van der Waals surface area contributed by atoms with Crippen LogP contribution in [-0.2, 0) is 11.2 Å². The molecule has 1 aliphatic heterocycles. The van der Waals surface area contributed by atoms with Gasteiger partial charge in [0.2, 0.25) is 5.91 Å². The van der Waals surface area contributed by atoms with Gasteiger partial charge in [-0.1, -0.05) is 17.7 Å². The maximum atomic E-state index is 12.1. The average Bonchev–Trinajstić information content (AvgIpc) is 2.98. The summed E-state index contributed by atoms with van der Waals surface area (Å²) in [5.74, 6) is 0.328. The summed E-state index contributed by atoms with van der Waals surface area (Å²) < 4.78 is 0. The summed E-state index contributed by atoms with van der Waals surface area (Å²) in [5.41, 5.74) is 2.51. The van der Waals surface area contributed by atoms with Gasteiger partial charge in [-0.15, -0.1) is 12.4 Å². The van der Waals surface area contributed by atoms with Gasteiger partial charge in [0.05, 0.1) is 12.0 Å². The zero-order valence-electron chi connectivity index (χ0n) is 10.6. The van der Waals surface area contributed by atoms with E-state index in [1.807, 2.05) is 18.2 Å². The Morgan fingerprint density at radius 2 is 2.21 bits per heavy atom. The summed E-state index contributed by atoms with van der Waals surface area (Å²) in [6.45, 7) is 1.76. The van der Waals surface area contributed by atoms with Crippen molar-refractivity contribution in [2.75, 3.05) is 13.1 Å². The molecular formula is C14H18Cl2N2O. The summed E-state index contributed by atoms with van der Waals surface area (Å²) in [4.78, 5) is 12.1. The Bertz CT molecular complexity index is 473. The number of carbonyl (C=O) groups is 1. The van der Waals surface area contributed by atoms with Gasteiger partial charge in [-0.2, -0.15) is 0 Å². The quantitative estimate of drug-likeness (QED) is 0.881. The van der Waals surface area contributed by atoms with Crippen LogP contribution in [0.4, 0.5) is 0 Å². The summed E-state index contributed by atoms with van der Waals surface area (Å²) in [7, 11) is 0. The van der Waals surface area contributed by atoms with E-state index in [0.29, 0.717) is 0 Å². The molecule has 2 aliphatic rings. The summed E-state index contributed by atoms with van der Waals surface area (Å²) in [5, 5.41) is 7.18. The molecule has 3 rings (SSSR count). The van der Waals surface area contributed by atoms with Crippen molar-refractivity contribution in [2.24, 2.45) is 5.92 Å². The van der Waals surface area contributed by atoms with E-state index in [0.717, 1.165) is 37.4 Å². The Labute approximate surface area is 124 Å². The molecule has 1 aromatic rings. The highest BCUT2D eigenvalue weighted by atomic mass is 35.5. The number of benzene rings is 1. The Morgan fingerprint density at radius 3 is 2.95 bits per heavy atom. The van der Waals surface area contributed by atoms with Crippen LogP contribution in [0, 0.1) is 5.92 Å². The van der Waals surface area contributed by atoms with Crippen molar-refractivity contribution in [3.05, 3.63) is 34.3 Å². The molecule has 1 fully saturated rings. The Hall–Kier alpha value is -0.770. The largest absolute Gasteiger partial charge is 0.349 e. The van der Waals surface area contributed by atoms with E-state index in [1.54, 1.807) is 0 Å². The van der Waals surface area contributed by atoms with Crippen LogP contribution in [0.2, 0.25) is 5.02 Å². The predicted molar refractivity (Wildman–Crippen MR) is 78.9 cm³/mol. The summed E-state index contributed by atoms with van der Waals surface area (Å²) in [6, 6.07) is 6.13. The number of hydrogen-bond acceptors (Lipinski definition) is 2. The van der Waals surface area contributed by atoms with Crippen LogP contribution in [0.5, 0.6) is 0 Å². The first-order valence-corrected chi connectivity index (χ1v) is 6.91. The normalized spacial score (nSPS) is 24.7. The number of nitrogens with one attached hydrogen (secondary N) is 2. The summed E-state index contributed by atoms with van der Waals surface area (Å²) in [6.07, 6.45) is 2.94. The number of rotatable bonds is 2. The van der Waals surface area contributed by atoms with Gasteiger partial charge in [0, 0.05) is 11.6 Å². The number of hydrogen-bond donors (Lipinski definition) is 2. The average molecular weight is 301 g/mol. The van der Waals surface area contributed by atoms with E-state index in [2.05, 4.69) is 10.6 Å². The molecule has 1 aliphatic carbocycles. The van der Waals surface area contributed by atoms with Crippen LogP contribution in [-0.4, -0.2) is 19.0 Å². The van der Waals surface area contributed by atoms with E-state index in [4.69, 9.17) is 11.6 Å². The van der Waals surface area contributed by atoms with Crippen LogP contribution in [0.15, 0.2) is 18.2 Å². The second-order valence-corrected chi connectivity index (χ2v) is 5.57. The van der Waals surface area contributed by atoms with Gasteiger partial charge < -0.3 is 10.6 Å². The fourth-order valence-corrected chi connectivity index (χ4v) is 3.10. The molecule has 104 valence electrons. The number of amides is 1. The first-order valence-electron chi connectivity index (χ1n) is 6.53. The standard InChI is InChI=1S/C14H17ClN2O.ClH/c15-11-2-3-12-9(7-11)1-4-13(12)17-14(18)10-5-6-16-8-10;/h2-3,7,10,13,16H,1,4-6,8H2,(H,17,18);1H. The highest BCUT2D eigenvalue weighted by molar-refractivity contribution is 6.30. The minimum Gasteiger partial charge on any atom is -0.349 e. The van der Waals surface area contributed by atoms with Gasteiger partial charge in [0.15, 0.2) is 0 Å². The molecule has 1 amide bonds. The Kier molecular flexibility index (Phi) is 4.71. The minimum atomic E-state index is 0. The molecule has 1 saturated heterocycles. The smallest absolute Gasteiger partial charge is 0.224 e. The van der Waals surface area contributed by atoms with Crippen LogP contribution in [0.25, 0.3) is 0 Å². The lowest BCUT2D eigenvalue weighted by molar-refractivity contribution is -0.125. The molecule has 2 N–H and O–H groups in total. The van der Waals surface area contributed by atoms with Gasteiger partial charge in [-0.3, -0.25) is 4.79 Å². The van der Waals surface area contributed by atoms with Crippen molar-refractivity contribution in [1.82, 2.24) is 10.6 Å². The number of aryl methyl sites for hydroxylation is 1. The molecule has 0 radical (unpaired) electrons. The van der Waals surface area contributed by atoms with E-state index >= 15 is 0 Å². The van der Waals surface area contributed by atoms with E-state index in [1.165, 1.54) is 11.1 Å². The number of carbonyl (C=O) groups excluding carboxylic acids is 1. The molecule has 3 nitrogen and oxygen atoms in total. The highest BCUT2D eigenvalue weighted by Gasteiger charge is 2.28. The summed E-state index contributed by atoms with van der Waals surface area (Å²) >= 11 is 5.98. The van der Waals surface area contributed by atoms with Crippen LogP contribution in [0.1, 0.15) is 30.0 Å². The second kappa shape index (κ2) is 6.12. The maximum Gasteiger partial charge on any atom is 0.224 e. The molecule has 19 heavy (non-hydrogen) atoms. The predicted octanol–water partition coefficient (Wildman–Crippen LogP) is 2.47. The lowest BCUT2D eigenvalue weighted by Gasteiger charge is -2.17. The van der Waals surface area contributed by atoms with Crippen molar-refractivity contribution in [2.45, 2.75) is 25.3 Å². The van der Waals surface area contributed by atoms with Crippen molar-refractivity contribution >= 4 is 29.9 Å². The molecule has 1 heterocycles. The Balaban J connectivity index is 0.00000133. The molecule has 1 aromatic carbocycles. The fourth-order valence-electron chi connectivity index (χ4n) is 2.90. The van der Waals surface area contributed by atoms with Gasteiger partial charge in [0.1, 0.15) is 0 Å². The van der Waals surface area contributed by atoms with E-state index < -0.39 is 0 Å². The van der Waals surface area contributed by atoms with Gasteiger partial charge in [0.25, 0.3) is 0 Å². The lowest BCUT2D eigenvalue weighted by Crippen LogP contribution is -2.34. The molecule has 0 saturated carbocycles. The third-order valence-corrected chi connectivity index (χ3v) is 4.17. The lowest BCUT2D eigenvalue weighted by atomic mass is 10.1. The topological polar surface area (TPSA) is 41.1 Å². The Morgan fingerprint density at radius 1 is 1.37 bits per heavy atom. The first-order chi connectivity index (χ1) is 8.74. The van der Waals surface area contributed by atoms with Gasteiger partial charge >= 0.3 is 0 Å². The van der Waals surface area contributed by atoms with Crippen molar-refractivity contribution in [3.63, 3.8) is 0 Å². The van der Waals surface area contributed by atoms with Crippen LogP contribution >= 0.6 is 24.0 Å². The zero-order valence-corrected chi connectivity index (χ0v) is 12.2. The molecule has 0 spiro atoms. The minimum absolute atomic E-state index is 0. The molecular weight excluding hydrogens is 283 g/mol. The van der Waals surface area contributed by atoms with Crippen LogP contribution < -0.4 is 10.6 Å². The maximum absolute atomic E-state index is 12.1. The molecule has 2 unspecified atom stereocenters. The van der Waals surface area contributed by atoms with Crippen molar-refractivity contribution in [1.29, 1.82) is 0 Å². The van der Waals surface area contributed by atoms with E-state index in [9.17, 15) is 4.79 Å². The molecule has 2 atom stereocenters. The number of halogens is 2. The third-order valence-electron chi connectivity index (χ3n) is 3.93. The fraction of sp³-hybridized carbons (Fsp3) is 0.500. The van der Waals surface area contributed by atoms with Crippen molar-refractivity contribution < 1.29 is 4.79 Å². The molecule has 5 heteroatoms. The zero-order chi connectivity index (χ0) is 12.5. The van der Waals surface area contributed by atoms with Crippen molar-refractivity contribution in [3.8, 4) is 0 Å². The number of fused-ring (bicyclic) bond motifs is 1. The molecule has 0 aromatic heterocycles. The SMILES string of the molecule is Cl.O=C(NC1CCc2cc(Cl)ccc21)C1CCNC1. The third kappa shape index (κ3) is 3.04. The monoisotopic (exact) mass is 300 g/mol. The highest BCUT2D eigenvalue weighted by Crippen LogP contribution is 2.33. The van der Waals surface area contributed by atoms with E-state index in [-0.39, 0.29) is 30.3 Å². The second-order valence-electron chi connectivity index (χ2n) is 5.13. The van der Waals surface area contributed by atoms with Crippen LogP contribution in [0.3, 0.4) is 0 Å². The van der Waals surface area contributed by atoms with Gasteiger partial charge in [-0.25, -0.2) is 0 Å². The van der Waals surface area contributed by atoms with Gasteiger partial charge in [-0.05, 0) is 49.1 Å². The molecule has 0 bridgehead atoms. The first kappa shape index (κ1) is 14.6.